The molecule has 0 aromatic carbocycles. The van der Waals surface area contributed by atoms with Gasteiger partial charge in [-0.15, -0.1) is 0 Å². The van der Waals surface area contributed by atoms with Crippen molar-refractivity contribution >= 4 is 11.8 Å². The quantitative estimate of drug-likeness (QED) is 0.710. The molecule has 1 atom stereocenters. The SMILES string of the molecule is CCC(C)NCC1(SC)CCC1. The van der Waals surface area contributed by atoms with Gasteiger partial charge in [0.2, 0.25) is 0 Å². The van der Waals surface area contributed by atoms with E-state index in [1.165, 1.54) is 32.2 Å². The van der Waals surface area contributed by atoms with Crippen molar-refractivity contribution in [2.75, 3.05) is 12.8 Å². The lowest BCUT2D eigenvalue weighted by Crippen LogP contribution is -2.45. The molecule has 1 unspecified atom stereocenters. The summed E-state index contributed by atoms with van der Waals surface area (Å²) < 4.78 is 0.601. The standard InChI is InChI=1S/C10H21NS/c1-4-9(2)11-8-10(12-3)6-5-7-10/h9,11H,4-8H2,1-3H3. The Morgan fingerprint density at radius 2 is 2.17 bits per heavy atom. The second kappa shape index (κ2) is 4.52. The fourth-order valence-electron chi connectivity index (χ4n) is 1.53. The molecule has 2 heteroatoms. The van der Waals surface area contributed by atoms with E-state index in [4.69, 9.17) is 0 Å². The molecule has 1 aliphatic carbocycles. The highest BCUT2D eigenvalue weighted by atomic mass is 32.2. The van der Waals surface area contributed by atoms with Crippen LogP contribution in [0.4, 0.5) is 0 Å². The zero-order valence-corrected chi connectivity index (χ0v) is 9.34. The van der Waals surface area contributed by atoms with E-state index >= 15 is 0 Å². The van der Waals surface area contributed by atoms with Crippen molar-refractivity contribution in [3.8, 4) is 0 Å². The van der Waals surface area contributed by atoms with Crippen LogP contribution in [0.5, 0.6) is 0 Å². The Balaban J connectivity index is 2.20. The van der Waals surface area contributed by atoms with Crippen LogP contribution in [0.15, 0.2) is 0 Å². The lowest BCUT2D eigenvalue weighted by molar-refractivity contribution is 0.331. The van der Waals surface area contributed by atoms with Crippen molar-refractivity contribution in [1.82, 2.24) is 5.32 Å². The summed E-state index contributed by atoms with van der Waals surface area (Å²) in [7, 11) is 0. The number of hydrogen-bond donors (Lipinski definition) is 1. The molecule has 1 N–H and O–H groups in total. The van der Waals surface area contributed by atoms with E-state index < -0.39 is 0 Å². The van der Waals surface area contributed by atoms with Gasteiger partial charge in [0.25, 0.3) is 0 Å². The van der Waals surface area contributed by atoms with Crippen molar-refractivity contribution in [2.24, 2.45) is 0 Å². The van der Waals surface area contributed by atoms with Gasteiger partial charge in [-0.25, -0.2) is 0 Å². The second-order valence-electron chi connectivity index (χ2n) is 3.93. The van der Waals surface area contributed by atoms with Gasteiger partial charge in [-0.3, -0.25) is 0 Å². The molecule has 0 bridgehead atoms. The van der Waals surface area contributed by atoms with Gasteiger partial charge in [0.1, 0.15) is 0 Å². The van der Waals surface area contributed by atoms with Gasteiger partial charge in [0.05, 0.1) is 0 Å². The minimum atomic E-state index is 0.601. The molecule has 0 aliphatic heterocycles. The number of nitrogens with one attached hydrogen (secondary N) is 1. The van der Waals surface area contributed by atoms with Gasteiger partial charge in [-0.05, 0) is 32.4 Å². The largest absolute Gasteiger partial charge is 0.313 e. The lowest BCUT2D eigenvalue weighted by atomic mass is 9.84. The molecule has 1 saturated carbocycles. The van der Waals surface area contributed by atoms with Crippen molar-refractivity contribution in [3.63, 3.8) is 0 Å². The fourth-order valence-corrected chi connectivity index (χ4v) is 2.45. The third kappa shape index (κ3) is 2.40. The molecule has 0 aromatic heterocycles. The molecule has 72 valence electrons. The highest BCUT2D eigenvalue weighted by Crippen LogP contribution is 2.42. The molecule has 12 heavy (non-hydrogen) atoms. The summed E-state index contributed by atoms with van der Waals surface area (Å²) in [6.45, 7) is 5.72. The van der Waals surface area contributed by atoms with Gasteiger partial charge < -0.3 is 5.32 Å². The topological polar surface area (TPSA) is 12.0 Å². The summed E-state index contributed by atoms with van der Waals surface area (Å²) in [5.74, 6) is 0. The zero-order valence-electron chi connectivity index (χ0n) is 8.52. The van der Waals surface area contributed by atoms with Crippen molar-refractivity contribution in [2.45, 2.75) is 50.3 Å². The highest BCUT2D eigenvalue weighted by molar-refractivity contribution is 8.00. The van der Waals surface area contributed by atoms with Gasteiger partial charge in [-0.1, -0.05) is 13.3 Å². The summed E-state index contributed by atoms with van der Waals surface area (Å²) in [5.41, 5.74) is 0. The van der Waals surface area contributed by atoms with Crippen molar-refractivity contribution in [3.05, 3.63) is 0 Å². The first-order valence-corrected chi connectivity index (χ1v) is 6.23. The third-order valence-corrected chi connectivity index (χ3v) is 4.50. The highest BCUT2D eigenvalue weighted by Gasteiger charge is 2.35. The molecular weight excluding hydrogens is 166 g/mol. The molecule has 0 saturated heterocycles. The minimum Gasteiger partial charge on any atom is -0.313 e. The van der Waals surface area contributed by atoms with Crippen LogP contribution in [0.2, 0.25) is 0 Å². The average Bonchev–Trinajstić information content (AvgIpc) is 2.03. The van der Waals surface area contributed by atoms with Gasteiger partial charge >= 0.3 is 0 Å². The minimum absolute atomic E-state index is 0.601. The van der Waals surface area contributed by atoms with Crippen molar-refractivity contribution < 1.29 is 0 Å². The molecular formula is C10H21NS. The predicted octanol–water partition coefficient (Wildman–Crippen LogP) is 2.66. The first kappa shape index (κ1) is 10.4. The molecule has 1 fully saturated rings. The van der Waals surface area contributed by atoms with Gasteiger partial charge in [0, 0.05) is 17.3 Å². The van der Waals surface area contributed by atoms with Crippen LogP contribution in [0, 0.1) is 0 Å². The molecule has 1 rings (SSSR count). The van der Waals surface area contributed by atoms with E-state index in [9.17, 15) is 0 Å². The normalized spacial score (nSPS) is 23.2. The van der Waals surface area contributed by atoms with Crippen LogP contribution < -0.4 is 5.32 Å². The summed E-state index contributed by atoms with van der Waals surface area (Å²) >= 11 is 2.05. The monoisotopic (exact) mass is 187 g/mol. The smallest absolute Gasteiger partial charge is 0.0281 e. The third-order valence-electron chi connectivity index (χ3n) is 3.08. The van der Waals surface area contributed by atoms with E-state index in [0.29, 0.717) is 10.8 Å². The molecule has 0 aromatic rings. The van der Waals surface area contributed by atoms with E-state index in [1.807, 2.05) is 11.8 Å². The Kier molecular flexibility index (Phi) is 3.91. The van der Waals surface area contributed by atoms with Crippen LogP contribution in [0.1, 0.15) is 39.5 Å². The first-order chi connectivity index (χ1) is 5.72. The van der Waals surface area contributed by atoms with E-state index in [0.717, 1.165) is 0 Å². The Morgan fingerprint density at radius 3 is 2.50 bits per heavy atom. The number of thioether (sulfide) groups is 1. The Morgan fingerprint density at radius 1 is 1.50 bits per heavy atom. The summed E-state index contributed by atoms with van der Waals surface area (Å²) in [6.07, 6.45) is 7.75. The van der Waals surface area contributed by atoms with Crippen LogP contribution in [-0.4, -0.2) is 23.6 Å². The first-order valence-electron chi connectivity index (χ1n) is 5.01. The van der Waals surface area contributed by atoms with E-state index in [1.54, 1.807) is 0 Å². The molecule has 1 nitrogen and oxygen atoms in total. The molecule has 0 amide bonds. The summed E-state index contributed by atoms with van der Waals surface area (Å²) in [6, 6.07) is 0.689. The average molecular weight is 187 g/mol. The van der Waals surface area contributed by atoms with Gasteiger partial charge in [-0.2, -0.15) is 11.8 Å². The van der Waals surface area contributed by atoms with Crippen LogP contribution in [-0.2, 0) is 0 Å². The van der Waals surface area contributed by atoms with Crippen molar-refractivity contribution in [1.29, 1.82) is 0 Å². The maximum Gasteiger partial charge on any atom is 0.0281 e. The lowest BCUT2D eigenvalue weighted by Gasteiger charge is -2.41. The van der Waals surface area contributed by atoms with Crippen LogP contribution >= 0.6 is 11.8 Å². The maximum atomic E-state index is 3.61. The van der Waals surface area contributed by atoms with Crippen LogP contribution in [0.3, 0.4) is 0 Å². The summed E-state index contributed by atoms with van der Waals surface area (Å²) in [4.78, 5) is 0. The molecule has 0 spiro atoms. The van der Waals surface area contributed by atoms with Crippen LogP contribution in [0.25, 0.3) is 0 Å². The zero-order chi connectivity index (χ0) is 9.03. The molecule has 0 heterocycles. The fraction of sp³-hybridized carbons (Fsp3) is 1.00. The molecule has 0 radical (unpaired) electrons. The Labute approximate surface area is 80.7 Å². The maximum absolute atomic E-state index is 3.61. The Bertz CT molecular complexity index is 126. The van der Waals surface area contributed by atoms with E-state index in [-0.39, 0.29) is 0 Å². The summed E-state index contributed by atoms with van der Waals surface area (Å²) in [5, 5.41) is 3.61. The Hall–Kier alpha value is 0.310. The second-order valence-corrected chi connectivity index (χ2v) is 5.21. The molecule has 1 aliphatic rings. The number of rotatable bonds is 5. The number of hydrogen-bond acceptors (Lipinski definition) is 2. The van der Waals surface area contributed by atoms with E-state index in [2.05, 4.69) is 25.4 Å². The van der Waals surface area contributed by atoms with Gasteiger partial charge in [0.15, 0.2) is 0 Å². The predicted molar refractivity (Wildman–Crippen MR) is 57.9 cm³/mol.